The van der Waals surface area contributed by atoms with Gasteiger partial charge < -0.3 is 9.53 Å². The number of benzene rings is 2. The van der Waals surface area contributed by atoms with Crippen molar-refractivity contribution >= 4 is 18.7 Å². The van der Waals surface area contributed by atoms with Gasteiger partial charge in [0.1, 0.15) is 0 Å². The molecule has 0 spiro atoms. The SMILES string of the molecule is CC(C)(C)[Si](OCCC[C@]12CC[C@H]3C[C@@H]1C[C@H](O)[C@H]2C3)(c1ccccc1)c1ccccc1. The van der Waals surface area contributed by atoms with Gasteiger partial charge in [-0.2, -0.15) is 0 Å². The van der Waals surface area contributed by atoms with Crippen molar-refractivity contribution < 1.29 is 9.53 Å². The largest absolute Gasteiger partial charge is 0.407 e. The highest BCUT2D eigenvalue weighted by atomic mass is 28.4. The molecule has 0 heterocycles. The molecule has 2 nitrogen and oxygen atoms in total. The smallest absolute Gasteiger partial charge is 0.261 e. The highest BCUT2D eigenvalue weighted by Gasteiger charge is 2.60. The molecule has 0 aromatic heterocycles. The zero-order valence-corrected chi connectivity index (χ0v) is 21.1. The van der Waals surface area contributed by atoms with Crippen molar-refractivity contribution in [3.8, 4) is 0 Å². The fraction of sp³-hybridized carbons (Fsp3) is 0.586. The molecule has 1 N–H and O–H groups in total. The molecule has 4 bridgehead atoms. The molecular formula is C29H40O2Si. The van der Waals surface area contributed by atoms with Gasteiger partial charge in [0.05, 0.1) is 6.10 Å². The van der Waals surface area contributed by atoms with E-state index in [1.807, 2.05) is 0 Å². The lowest BCUT2D eigenvalue weighted by Gasteiger charge is -2.53. The van der Waals surface area contributed by atoms with Crippen molar-refractivity contribution in [3.63, 3.8) is 0 Å². The van der Waals surface area contributed by atoms with Crippen LogP contribution < -0.4 is 10.4 Å². The van der Waals surface area contributed by atoms with E-state index < -0.39 is 8.32 Å². The standard InChI is InChI=1S/C29H40O2Si/c1-28(2,3)32(24-11-6-4-7-12-24,25-13-8-5-9-14-25)31-18-10-16-29-17-15-22-19-23(29)21-27(30)26(29)20-22/h4-9,11-14,22-23,26-27,30H,10,15-21H2,1-3H3/t22-,23+,26+,27-,29-/m0/s1. The quantitative estimate of drug-likeness (QED) is 0.446. The van der Waals surface area contributed by atoms with Gasteiger partial charge in [-0.25, -0.2) is 0 Å². The van der Waals surface area contributed by atoms with E-state index in [-0.39, 0.29) is 11.1 Å². The van der Waals surface area contributed by atoms with Crippen molar-refractivity contribution in [2.45, 2.75) is 76.9 Å². The molecule has 0 aliphatic heterocycles. The zero-order chi connectivity index (χ0) is 22.4. The summed E-state index contributed by atoms with van der Waals surface area (Å²) in [7, 11) is -2.44. The third-order valence-electron chi connectivity index (χ3n) is 9.29. The number of aliphatic hydroxyl groups excluding tert-OH is 1. The fourth-order valence-corrected chi connectivity index (χ4v) is 12.6. The van der Waals surface area contributed by atoms with Gasteiger partial charge in [0.15, 0.2) is 0 Å². The summed E-state index contributed by atoms with van der Waals surface area (Å²) in [6, 6.07) is 22.0. The van der Waals surface area contributed by atoms with E-state index in [2.05, 4.69) is 81.4 Å². The lowest BCUT2D eigenvalue weighted by molar-refractivity contribution is -0.0499. The number of aliphatic hydroxyl groups is 1. The van der Waals surface area contributed by atoms with E-state index >= 15 is 0 Å². The van der Waals surface area contributed by atoms with Crippen molar-refractivity contribution in [3.05, 3.63) is 60.7 Å². The Kier molecular flexibility index (Phi) is 5.88. The summed E-state index contributed by atoms with van der Waals surface area (Å²) in [5, 5.41) is 13.5. The third kappa shape index (κ3) is 3.52. The predicted molar refractivity (Wildman–Crippen MR) is 135 cm³/mol. The molecule has 3 heteroatoms. The summed E-state index contributed by atoms with van der Waals surface area (Å²) in [5.41, 5.74) is 0.392. The van der Waals surface area contributed by atoms with Gasteiger partial charge in [-0.1, -0.05) is 81.4 Å². The van der Waals surface area contributed by atoms with Crippen LogP contribution in [-0.2, 0) is 4.43 Å². The maximum atomic E-state index is 10.8. The molecule has 5 atom stereocenters. The van der Waals surface area contributed by atoms with E-state index in [9.17, 15) is 5.11 Å². The van der Waals surface area contributed by atoms with E-state index in [1.54, 1.807) is 0 Å². The molecule has 172 valence electrons. The first-order valence-electron chi connectivity index (χ1n) is 12.8. The second-order valence-electron chi connectivity index (χ2n) is 11.8. The molecule has 2 aromatic rings. The van der Waals surface area contributed by atoms with Crippen molar-refractivity contribution in [2.24, 2.45) is 23.2 Å². The minimum atomic E-state index is -2.44. The van der Waals surface area contributed by atoms with E-state index in [4.69, 9.17) is 4.43 Å². The number of hydrogen-bond donors (Lipinski definition) is 1. The molecule has 4 aliphatic carbocycles. The molecule has 6 rings (SSSR count). The van der Waals surface area contributed by atoms with Crippen LogP contribution in [0.5, 0.6) is 0 Å². The van der Waals surface area contributed by atoms with Crippen LogP contribution in [0.4, 0.5) is 0 Å². The second-order valence-corrected chi connectivity index (χ2v) is 16.1. The maximum Gasteiger partial charge on any atom is 0.261 e. The minimum absolute atomic E-state index is 0.0338. The summed E-state index contributed by atoms with van der Waals surface area (Å²) in [4.78, 5) is 0. The van der Waals surface area contributed by atoms with Gasteiger partial charge in [0.2, 0.25) is 0 Å². The van der Waals surface area contributed by atoms with Crippen molar-refractivity contribution in [2.75, 3.05) is 6.61 Å². The first-order chi connectivity index (χ1) is 15.4. The van der Waals surface area contributed by atoms with Gasteiger partial charge >= 0.3 is 0 Å². The molecule has 0 radical (unpaired) electrons. The Bertz CT molecular complexity index is 864. The molecule has 0 unspecified atom stereocenters. The van der Waals surface area contributed by atoms with Gasteiger partial charge in [0.25, 0.3) is 8.32 Å². The molecule has 4 saturated carbocycles. The number of rotatable bonds is 7. The molecule has 0 amide bonds. The second kappa shape index (κ2) is 8.41. The Hall–Kier alpha value is -1.42. The predicted octanol–water partition coefficient (Wildman–Crippen LogP) is 5.53. The zero-order valence-electron chi connectivity index (χ0n) is 20.1. The Morgan fingerprint density at radius 1 is 0.938 bits per heavy atom. The summed E-state index contributed by atoms with van der Waals surface area (Å²) in [6.45, 7) is 7.89. The topological polar surface area (TPSA) is 29.5 Å². The van der Waals surface area contributed by atoms with Crippen LogP contribution in [0.2, 0.25) is 5.04 Å². The maximum absolute atomic E-state index is 10.8. The molecule has 32 heavy (non-hydrogen) atoms. The fourth-order valence-electron chi connectivity index (χ4n) is 7.96. The van der Waals surface area contributed by atoms with Crippen LogP contribution in [0.3, 0.4) is 0 Å². The van der Waals surface area contributed by atoms with Crippen LogP contribution in [0, 0.1) is 23.2 Å². The normalized spacial score (nSPS) is 31.8. The summed E-state index contributed by atoms with van der Waals surface area (Å²) in [6.07, 6.45) is 8.69. The first-order valence-corrected chi connectivity index (χ1v) is 14.7. The molecule has 4 fully saturated rings. The summed E-state index contributed by atoms with van der Waals surface area (Å²) < 4.78 is 7.15. The van der Waals surface area contributed by atoms with E-state index in [0.717, 1.165) is 31.3 Å². The van der Waals surface area contributed by atoms with Gasteiger partial charge in [-0.15, -0.1) is 0 Å². The van der Waals surface area contributed by atoms with Gasteiger partial charge in [0, 0.05) is 6.61 Å². The van der Waals surface area contributed by atoms with Crippen LogP contribution in [-0.4, -0.2) is 26.1 Å². The lowest BCUT2D eigenvalue weighted by atomic mass is 9.52. The third-order valence-corrected chi connectivity index (χ3v) is 14.3. The molecular weight excluding hydrogens is 408 g/mol. The summed E-state index contributed by atoms with van der Waals surface area (Å²) >= 11 is 0. The van der Waals surface area contributed by atoms with Crippen LogP contribution in [0.1, 0.15) is 65.7 Å². The average molecular weight is 449 g/mol. The summed E-state index contributed by atoms with van der Waals surface area (Å²) in [5.74, 6) is 2.19. The Morgan fingerprint density at radius 3 is 2.12 bits per heavy atom. The van der Waals surface area contributed by atoms with Gasteiger partial charge in [-0.05, 0) is 83.5 Å². The van der Waals surface area contributed by atoms with E-state index in [1.165, 1.54) is 42.5 Å². The Morgan fingerprint density at radius 2 is 1.56 bits per heavy atom. The Balaban J connectivity index is 1.39. The van der Waals surface area contributed by atoms with E-state index in [0.29, 0.717) is 11.3 Å². The molecule has 0 saturated heterocycles. The highest BCUT2D eigenvalue weighted by Crippen LogP contribution is 2.66. The van der Waals surface area contributed by atoms with Gasteiger partial charge in [-0.3, -0.25) is 0 Å². The van der Waals surface area contributed by atoms with Crippen molar-refractivity contribution in [1.82, 2.24) is 0 Å². The van der Waals surface area contributed by atoms with Crippen molar-refractivity contribution in [1.29, 1.82) is 0 Å². The highest BCUT2D eigenvalue weighted by molar-refractivity contribution is 6.99. The van der Waals surface area contributed by atoms with Crippen LogP contribution in [0.15, 0.2) is 60.7 Å². The van der Waals surface area contributed by atoms with Crippen LogP contribution >= 0.6 is 0 Å². The first kappa shape index (κ1) is 22.4. The van der Waals surface area contributed by atoms with Crippen LogP contribution in [0.25, 0.3) is 0 Å². The Labute approximate surface area is 195 Å². The molecule has 4 aliphatic rings. The number of fused-ring (bicyclic) bond motifs is 1. The monoisotopic (exact) mass is 448 g/mol. The number of hydrogen-bond acceptors (Lipinski definition) is 2. The average Bonchev–Trinajstić information content (AvgIpc) is 2.96. The molecule has 2 aromatic carbocycles. The lowest BCUT2D eigenvalue weighted by Crippen LogP contribution is -2.66. The minimum Gasteiger partial charge on any atom is -0.407 e.